The number of aryl methyl sites for hydroxylation is 2. The summed E-state index contributed by atoms with van der Waals surface area (Å²) in [6.45, 7) is 12.0. The Balaban J connectivity index is 1.34. The Bertz CT molecular complexity index is 1370. The first-order valence-corrected chi connectivity index (χ1v) is 16.0. The van der Waals surface area contributed by atoms with E-state index in [1.54, 1.807) is 7.11 Å². The molecule has 0 aromatic heterocycles. The summed E-state index contributed by atoms with van der Waals surface area (Å²) < 4.78 is 24.8. The van der Waals surface area contributed by atoms with Crippen molar-refractivity contribution >= 4 is 5.97 Å². The van der Waals surface area contributed by atoms with Gasteiger partial charge in [0.25, 0.3) is 0 Å². The quantitative estimate of drug-likeness (QED) is 0.257. The molecule has 2 aromatic rings. The lowest BCUT2D eigenvalue weighted by atomic mass is 9.62. The van der Waals surface area contributed by atoms with Crippen LogP contribution >= 0.6 is 0 Å². The molecule has 0 unspecified atom stereocenters. The van der Waals surface area contributed by atoms with Gasteiger partial charge >= 0.3 is 5.97 Å². The standard InChI is InChI=1S/C37H48O5/c1-22(2)28-18-19-36(5)21-30-23(3)20-32-37(30,24(4)8-16-29(28)36)42-31-17-13-26(33(34(31)41-32)35(38)40-7)12-9-25-10-14-27(39-6)15-11-25/h10-11,13-15,17,22,24,28-29,32H,8-9,12,16,18-21H2,1-7H3/t24-,28+,29-,32-,36+,37+/m0/s1. The van der Waals surface area contributed by atoms with Crippen molar-refractivity contribution in [1.29, 1.82) is 0 Å². The summed E-state index contributed by atoms with van der Waals surface area (Å²) in [5.74, 6) is 4.30. The van der Waals surface area contributed by atoms with Crippen molar-refractivity contribution in [3.63, 3.8) is 0 Å². The highest BCUT2D eigenvalue weighted by Crippen LogP contribution is 2.62. The van der Waals surface area contributed by atoms with Crippen molar-refractivity contribution < 1.29 is 23.7 Å². The van der Waals surface area contributed by atoms with E-state index in [0.717, 1.165) is 54.7 Å². The SMILES string of the molecule is COC(=O)c1c(CCc2ccc(OC)cc2)ccc2c1O[C@H]1CC(C)=C3C[C@@]4(C)CC[C@H](C(C)C)[C@@H]4CC[C@H](C)[C@@]31O2. The molecule has 2 saturated carbocycles. The van der Waals surface area contributed by atoms with Crippen LogP contribution in [0.1, 0.15) is 94.6 Å². The Morgan fingerprint density at radius 2 is 1.81 bits per heavy atom. The molecule has 0 amide bonds. The van der Waals surface area contributed by atoms with E-state index in [9.17, 15) is 4.79 Å². The lowest BCUT2D eigenvalue weighted by molar-refractivity contribution is -0.0790. The molecule has 4 aliphatic rings. The number of carbonyl (C=O) groups is 1. The second-order valence-electron chi connectivity index (χ2n) is 14.1. The van der Waals surface area contributed by atoms with Crippen molar-refractivity contribution in [3.8, 4) is 17.2 Å². The molecule has 6 atom stereocenters. The number of carbonyl (C=O) groups excluding carboxylic acids is 1. The molecule has 5 heteroatoms. The van der Waals surface area contributed by atoms with Gasteiger partial charge in [-0.2, -0.15) is 0 Å². The number of benzene rings is 2. The van der Waals surface area contributed by atoms with Crippen LogP contribution in [-0.4, -0.2) is 31.9 Å². The van der Waals surface area contributed by atoms with Crippen LogP contribution in [0.3, 0.4) is 0 Å². The summed E-state index contributed by atoms with van der Waals surface area (Å²) in [7, 11) is 3.12. The van der Waals surface area contributed by atoms with Gasteiger partial charge in [-0.25, -0.2) is 4.79 Å². The lowest BCUT2D eigenvalue weighted by Gasteiger charge is -2.50. The largest absolute Gasteiger partial charge is 0.497 e. The highest BCUT2D eigenvalue weighted by atomic mass is 16.6. The number of hydrogen-bond acceptors (Lipinski definition) is 5. The molecule has 3 aliphatic carbocycles. The topological polar surface area (TPSA) is 54.0 Å². The summed E-state index contributed by atoms with van der Waals surface area (Å²) in [6, 6.07) is 12.2. The lowest BCUT2D eigenvalue weighted by Crippen LogP contribution is -2.57. The van der Waals surface area contributed by atoms with E-state index in [0.29, 0.717) is 34.8 Å². The monoisotopic (exact) mass is 572 g/mol. The minimum absolute atomic E-state index is 0.141. The molecule has 2 aromatic carbocycles. The van der Waals surface area contributed by atoms with Crippen LogP contribution in [0.4, 0.5) is 0 Å². The molecule has 1 aliphatic heterocycles. The third-order valence-electron chi connectivity index (χ3n) is 11.5. The minimum Gasteiger partial charge on any atom is -0.497 e. The van der Waals surface area contributed by atoms with Gasteiger partial charge in [0.15, 0.2) is 17.1 Å². The van der Waals surface area contributed by atoms with Gasteiger partial charge < -0.3 is 18.9 Å². The number of rotatable bonds is 6. The third-order valence-corrected chi connectivity index (χ3v) is 11.5. The first-order chi connectivity index (χ1) is 20.1. The Labute approximate surface area is 252 Å². The molecular weight excluding hydrogens is 524 g/mol. The predicted octanol–water partition coefficient (Wildman–Crippen LogP) is 8.37. The third kappa shape index (κ3) is 4.62. The Hall–Kier alpha value is -2.95. The average Bonchev–Trinajstić information content (AvgIpc) is 3.45. The zero-order valence-electron chi connectivity index (χ0n) is 26.5. The molecule has 42 heavy (non-hydrogen) atoms. The van der Waals surface area contributed by atoms with Gasteiger partial charge in [0, 0.05) is 12.3 Å². The van der Waals surface area contributed by atoms with Gasteiger partial charge in [0.05, 0.1) is 14.2 Å². The zero-order chi connectivity index (χ0) is 29.8. The van der Waals surface area contributed by atoms with Crippen molar-refractivity contribution in [2.45, 2.75) is 97.7 Å². The first kappa shape index (κ1) is 29.1. The van der Waals surface area contributed by atoms with Gasteiger partial charge in [0.2, 0.25) is 0 Å². The van der Waals surface area contributed by atoms with E-state index in [-0.39, 0.29) is 12.1 Å². The molecule has 0 bridgehead atoms. The molecule has 1 spiro atoms. The zero-order valence-corrected chi connectivity index (χ0v) is 26.5. The maximum Gasteiger partial charge on any atom is 0.342 e. The molecule has 226 valence electrons. The van der Waals surface area contributed by atoms with Crippen LogP contribution in [0.5, 0.6) is 17.2 Å². The smallest absolute Gasteiger partial charge is 0.342 e. The fourth-order valence-corrected chi connectivity index (χ4v) is 9.10. The highest BCUT2D eigenvalue weighted by molar-refractivity contribution is 5.95. The Kier molecular flexibility index (Phi) is 7.60. The second kappa shape index (κ2) is 11.0. The van der Waals surface area contributed by atoms with Gasteiger partial charge in [0.1, 0.15) is 17.4 Å². The molecule has 5 nitrogen and oxygen atoms in total. The molecule has 2 fully saturated rings. The maximum atomic E-state index is 13.3. The van der Waals surface area contributed by atoms with Gasteiger partial charge in [-0.1, -0.05) is 51.5 Å². The molecule has 6 rings (SSSR count). The van der Waals surface area contributed by atoms with E-state index in [2.05, 4.69) is 46.8 Å². The normalized spacial score (nSPS) is 31.6. The van der Waals surface area contributed by atoms with E-state index in [4.69, 9.17) is 18.9 Å². The van der Waals surface area contributed by atoms with Crippen molar-refractivity contribution in [2.75, 3.05) is 14.2 Å². The van der Waals surface area contributed by atoms with Crippen molar-refractivity contribution in [1.82, 2.24) is 0 Å². The summed E-state index contributed by atoms with van der Waals surface area (Å²) in [5.41, 5.74) is 5.29. The highest BCUT2D eigenvalue weighted by Gasteiger charge is 2.61. The Morgan fingerprint density at radius 3 is 2.50 bits per heavy atom. The van der Waals surface area contributed by atoms with E-state index < -0.39 is 5.60 Å². The summed E-state index contributed by atoms with van der Waals surface area (Å²) in [6.07, 6.45) is 8.25. The van der Waals surface area contributed by atoms with Crippen LogP contribution in [0, 0.1) is 29.1 Å². The van der Waals surface area contributed by atoms with Crippen LogP contribution in [0.25, 0.3) is 0 Å². The molecule has 0 radical (unpaired) electrons. The molecular formula is C37H48O5. The van der Waals surface area contributed by atoms with Crippen LogP contribution < -0.4 is 14.2 Å². The second-order valence-corrected chi connectivity index (χ2v) is 14.1. The minimum atomic E-state index is -0.487. The van der Waals surface area contributed by atoms with Crippen LogP contribution in [0.2, 0.25) is 0 Å². The van der Waals surface area contributed by atoms with Crippen molar-refractivity contribution in [3.05, 3.63) is 64.2 Å². The summed E-state index contributed by atoms with van der Waals surface area (Å²) in [5, 5.41) is 0. The number of ether oxygens (including phenoxy) is 4. The number of methoxy groups -OCH3 is 2. The van der Waals surface area contributed by atoms with E-state index in [1.807, 2.05) is 24.3 Å². The first-order valence-electron chi connectivity index (χ1n) is 16.0. The number of fused-ring (bicyclic) bond motifs is 2. The predicted molar refractivity (Wildman–Crippen MR) is 165 cm³/mol. The fraction of sp³-hybridized carbons (Fsp3) is 0.595. The van der Waals surface area contributed by atoms with E-state index >= 15 is 0 Å². The maximum absolute atomic E-state index is 13.3. The summed E-state index contributed by atoms with van der Waals surface area (Å²) in [4.78, 5) is 13.3. The Morgan fingerprint density at radius 1 is 1.05 bits per heavy atom. The van der Waals surface area contributed by atoms with Gasteiger partial charge in [-0.15, -0.1) is 0 Å². The summed E-state index contributed by atoms with van der Waals surface area (Å²) >= 11 is 0. The fourth-order valence-electron chi connectivity index (χ4n) is 9.10. The average molecular weight is 573 g/mol. The van der Waals surface area contributed by atoms with Crippen molar-refractivity contribution in [2.24, 2.45) is 29.1 Å². The van der Waals surface area contributed by atoms with Gasteiger partial charge in [-0.05, 0) is 110 Å². The van der Waals surface area contributed by atoms with Gasteiger partial charge in [-0.3, -0.25) is 0 Å². The van der Waals surface area contributed by atoms with Crippen LogP contribution in [-0.2, 0) is 17.6 Å². The molecule has 0 N–H and O–H groups in total. The molecule has 0 saturated heterocycles. The van der Waals surface area contributed by atoms with E-state index in [1.165, 1.54) is 43.1 Å². The number of esters is 1. The van der Waals surface area contributed by atoms with Crippen LogP contribution in [0.15, 0.2) is 47.5 Å². The molecule has 1 heterocycles. The number of hydrogen-bond donors (Lipinski definition) is 0.